The van der Waals surface area contributed by atoms with Crippen molar-refractivity contribution in [3.8, 4) is 0 Å². The Balaban J connectivity index is 2.15. The molecule has 0 atom stereocenters. The van der Waals surface area contributed by atoms with E-state index < -0.39 is 0 Å². The molecule has 17 heavy (non-hydrogen) atoms. The molecule has 94 valence electrons. The maximum Gasteiger partial charge on any atom is 0.129 e. The summed E-state index contributed by atoms with van der Waals surface area (Å²) in [5.41, 5.74) is 1.96. The number of pyridine rings is 1. The summed E-state index contributed by atoms with van der Waals surface area (Å²) in [4.78, 5) is 6.96. The number of hydrogen-bond donors (Lipinski definition) is 1. The van der Waals surface area contributed by atoms with E-state index in [1.54, 1.807) is 0 Å². The standard InChI is InChI=1S/C14H22N2O/c1-12-9-13(11-17)10-14(15-12)16-7-5-3-2-4-6-8-16/h9-10,17H,2-8,11H2,1H3. The summed E-state index contributed by atoms with van der Waals surface area (Å²) >= 11 is 0. The Morgan fingerprint density at radius 2 is 1.76 bits per heavy atom. The van der Waals surface area contributed by atoms with Gasteiger partial charge in [-0.15, -0.1) is 0 Å². The van der Waals surface area contributed by atoms with Crippen LogP contribution in [0, 0.1) is 6.92 Å². The van der Waals surface area contributed by atoms with Crippen molar-refractivity contribution in [1.29, 1.82) is 0 Å². The molecule has 1 N–H and O–H groups in total. The fourth-order valence-electron chi connectivity index (χ4n) is 2.45. The highest BCUT2D eigenvalue weighted by Gasteiger charge is 2.11. The molecule has 0 spiro atoms. The smallest absolute Gasteiger partial charge is 0.129 e. The zero-order chi connectivity index (χ0) is 12.1. The third-order valence-electron chi connectivity index (χ3n) is 3.36. The average molecular weight is 234 g/mol. The van der Waals surface area contributed by atoms with Crippen molar-refractivity contribution in [2.45, 2.75) is 45.6 Å². The van der Waals surface area contributed by atoms with Crippen LogP contribution < -0.4 is 4.90 Å². The normalized spacial score (nSPS) is 17.6. The van der Waals surface area contributed by atoms with Gasteiger partial charge in [0, 0.05) is 18.8 Å². The van der Waals surface area contributed by atoms with Crippen LogP contribution in [0.15, 0.2) is 12.1 Å². The molecule has 1 aromatic heterocycles. The van der Waals surface area contributed by atoms with Crippen LogP contribution in [-0.2, 0) is 6.61 Å². The van der Waals surface area contributed by atoms with Gasteiger partial charge in [-0.3, -0.25) is 0 Å². The summed E-state index contributed by atoms with van der Waals surface area (Å²) in [6.45, 7) is 4.29. The van der Waals surface area contributed by atoms with Crippen LogP contribution in [-0.4, -0.2) is 23.2 Å². The number of aromatic nitrogens is 1. The predicted molar refractivity (Wildman–Crippen MR) is 70.2 cm³/mol. The van der Waals surface area contributed by atoms with Gasteiger partial charge >= 0.3 is 0 Å². The van der Waals surface area contributed by atoms with Crippen LogP contribution in [0.5, 0.6) is 0 Å². The van der Waals surface area contributed by atoms with E-state index in [2.05, 4.69) is 9.88 Å². The lowest BCUT2D eigenvalue weighted by molar-refractivity contribution is 0.281. The lowest BCUT2D eigenvalue weighted by Crippen LogP contribution is -2.28. The molecule has 3 heteroatoms. The second kappa shape index (κ2) is 6.01. The van der Waals surface area contributed by atoms with Gasteiger partial charge in [-0.1, -0.05) is 19.3 Å². The maximum absolute atomic E-state index is 9.24. The molecule has 1 aromatic rings. The molecule has 0 unspecified atom stereocenters. The van der Waals surface area contributed by atoms with Gasteiger partial charge in [0.05, 0.1) is 6.61 Å². The van der Waals surface area contributed by atoms with Gasteiger partial charge < -0.3 is 10.0 Å². The molecule has 2 heterocycles. The van der Waals surface area contributed by atoms with E-state index in [9.17, 15) is 5.11 Å². The van der Waals surface area contributed by atoms with Gasteiger partial charge in [-0.2, -0.15) is 0 Å². The molecule has 0 aliphatic carbocycles. The third kappa shape index (κ3) is 3.43. The Hall–Kier alpha value is -1.09. The number of aliphatic hydroxyl groups is 1. The van der Waals surface area contributed by atoms with Crippen molar-refractivity contribution in [2.75, 3.05) is 18.0 Å². The van der Waals surface area contributed by atoms with Crippen LogP contribution in [0.3, 0.4) is 0 Å². The van der Waals surface area contributed by atoms with Crippen LogP contribution in [0.2, 0.25) is 0 Å². The molecule has 1 aliphatic heterocycles. The van der Waals surface area contributed by atoms with E-state index in [1.165, 1.54) is 32.1 Å². The summed E-state index contributed by atoms with van der Waals surface area (Å²) in [7, 11) is 0. The first-order valence-electron chi connectivity index (χ1n) is 6.63. The summed E-state index contributed by atoms with van der Waals surface area (Å²) in [6, 6.07) is 3.97. The Morgan fingerprint density at radius 3 is 2.41 bits per heavy atom. The minimum absolute atomic E-state index is 0.101. The molecule has 0 bridgehead atoms. The summed E-state index contributed by atoms with van der Waals surface area (Å²) in [5.74, 6) is 1.04. The van der Waals surface area contributed by atoms with Crippen LogP contribution in [0.1, 0.15) is 43.4 Å². The summed E-state index contributed by atoms with van der Waals surface area (Å²) in [6.07, 6.45) is 6.54. The Kier molecular flexibility index (Phi) is 4.37. The van der Waals surface area contributed by atoms with E-state index in [1.807, 2.05) is 19.1 Å². The lowest BCUT2D eigenvalue weighted by Gasteiger charge is -2.26. The zero-order valence-corrected chi connectivity index (χ0v) is 10.7. The number of nitrogens with zero attached hydrogens (tertiary/aromatic N) is 2. The first-order valence-corrected chi connectivity index (χ1v) is 6.63. The molecule has 1 fully saturated rings. The molecule has 0 aromatic carbocycles. The molecular formula is C14H22N2O. The van der Waals surface area contributed by atoms with Crippen molar-refractivity contribution >= 4 is 5.82 Å². The highest BCUT2D eigenvalue weighted by Crippen LogP contribution is 2.19. The fraction of sp³-hybridized carbons (Fsp3) is 0.643. The first kappa shape index (κ1) is 12.4. The highest BCUT2D eigenvalue weighted by molar-refractivity contribution is 5.42. The van der Waals surface area contributed by atoms with Crippen molar-refractivity contribution in [2.24, 2.45) is 0 Å². The number of anilines is 1. The molecule has 2 rings (SSSR count). The second-order valence-corrected chi connectivity index (χ2v) is 4.89. The van der Waals surface area contributed by atoms with Crippen LogP contribution in [0.25, 0.3) is 0 Å². The monoisotopic (exact) mass is 234 g/mol. The van der Waals surface area contributed by atoms with Crippen LogP contribution >= 0.6 is 0 Å². The SMILES string of the molecule is Cc1cc(CO)cc(N2CCCCCCC2)n1. The number of aryl methyl sites for hydroxylation is 1. The van der Waals surface area contributed by atoms with Crippen molar-refractivity contribution < 1.29 is 5.11 Å². The van der Waals surface area contributed by atoms with E-state index in [4.69, 9.17) is 0 Å². The predicted octanol–water partition coefficient (Wildman–Crippen LogP) is 2.65. The lowest BCUT2D eigenvalue weighted by atomic mass is 10.1. The topological polar surface area (TPSA) is 36.4 Å². The minimum atomic E-state index is 0.101. The van der Waals surface area contributed by atoms with Gasteiger partial charge in [-0.05, 0) is 37.5 Å². The Morgan fingerprint density at radius 1 is 1.12 bits per heavy atom. The van der Waals surface area contributed by atoms with E-state index in [0.29, 0.717) is 0 Å². The van der Waals surface area contributed by atoms with E-state index in [0.717, 1.165) is 30.2 Å². The number of aliphatic hydroxyl groups excluding tert-OH is 1. The molecule has 0 amide bonds. The zero-order valence-electron chi connectivity index (χ0n) is 10.7. The first-order chi connectivity index (χ1) is 8.29. The van der Waals surface area contributed by atoms with Gasteiger partial charge in [0.1, 0.15) is 5.82 Å². The quantitative estimate of drug-likeness (QED) is 0.854. The largest absolute Gasteiger partial charge is 0.392 e. The molecule has 1 aliphatic rings. The number of rotatable bonds is 2. The van der Waals surface area contributed by atoms with Crippen molar-refractivity contribution in [3.05, 3.63) is 23.4 Å². The van der Waals surface area contributed by atoms with Gasteiger partial charge in [0.25, 0.3) is 0 Å². The van der Waals surface area contributed by atoms with Gasteiger partial charge in [0.15, 0.2) is 0 Å². The maximum atomic E-state index is 9.24. The summed E-state index contributed by atoms with van der Waals surface area (Å²) < 4.78 is 0. The third-order valence-corrected chi connectivity index (χ3v) is 3.36. The summed E-state index contributed by atoms with van der Waals surface area (Å²) in [5, 5.41) is 9.24. The Labute approximate surface area is 103 Å². The van der Waals surface area contributed by atoms with Gasteiger partial charge in [-0.25, -0.2) is 4.98 Å². The van der Waals surface area contributed by atoms with Gasteiger partial charge in [0.2, 0.25) is 0 Å². The van der Waals surface area contributed by atoms with Crippen LogP contribution in [0.4, 0.5) is 5.82 Å². The fourth-order valence-corrected chi connectivity index (χ4v) is 2.45. The molecule has 0 radical (unpaired) electrons. The molecule has 0 saturated carbocycles. The molecular weight excluding hydrogens is 212 g/mol. The second-order valence-electron chi connectivity index (χ2n) is 4.89. The minimum Gasteiger partial charge on any atom is -0.392 e. The average Bonchev–Trinajstić information content (AvgIpc) is 2.27. The van der Waals surface area contributed by atoms with Crippen molar-refractivity contribution in [3.63, 3.8) is 0 Å². The van der Waals surface area contributed by atoms with E-state index >= 15 is 0 Å². The highest BCUT2D eigenvalue weighted by atomic mass is 16.3. The molecule has 1 saturated heterocycles. The Bertz CT molecular complexity index is 357. The van der Waals surface area contributed by atoms with Crippen molar-refractivity contribution in [1.82, 2.24) is 4.98 Å². The van der Waals surface area contributed by atoms with E-state index in [-0.39, 0.29) is 6.61 Å². The molecule has 3 nitrogen and oxygen atoms in total. The number of hydrogen-bond acceptors (Lipinski definition) is 3.